The Balaban J connectivity index is 1.69. The zero-order chi connectivity index (χ0) is 20.2. The summed E-state index contributed by atoms with van der Waals surface area (Å²) in [6, 6.07) is 4.16. The predicted molar refractivity (Wildman–Crippen MR) is 119 cm³/mol. The van der Waals surface area contributed by atoms with Crippen molar-refractivity contribution in [2.45, 2.75) is 46.2 Å². The number of likely N-dealkylation sites (tertiary alicyclic amines) is 1. The fourth-order valence-corrected chi connectivity index (χ4v) is 5.41. The Morgan fingerprint density at radius 1 is 1.28 bits per heavy atom. The van der Waals surface area contributed by atoms with Crippen molar-refractivity contribution < 1.29 is 9.53 Å². The standard InChI is InChI=1S/C21H26N4O2S2/c1-3-27-21(26)18-14(2)17-19(22-12-15-8-7-11-28-15)23-16(24-20(17)29-18)13-25-9-5-4-6-10-25/h7-8,11H,3-6,9-10,12-13H2,1-2H3,(H,22,23,24). The first-order valence-corrected chi connectivity index (χ1v) is 11.8. The minimum atomic E-state index is -0.283. The van der Waals surface area contributed by atoms with Crippen molar-refractivity contribution in [3.63, 3.8) is 0 Å². The van der Waals surface area contributed by atoms with E-state index in [9.17, 15) is 4.79 Å². The molecule has 4 rings (SSSR count). The average molecular weight is 431 g/mol. The molecule has 1 aliphatic heterocycles. The van der Waals surface area contributed by atoms with Crippen molar-refractivity contribution in [1.29, 1.82) is 0 Å². The maximum atomic E-state index is 12.4. The van der Waals surface area contributed by atoms with Crippen LogP contribution >= 0.6 is 22.7 Å². The van der Waals surface area contributed by atoms with Crippen molar-refractivity contribution in [2.24, 2.45) is 0 Å². The summed E-state index contributed by atoms with van der Waals surface area (Å²) in [5.41, 5.74) is 0.890. The summed E-state index contributed by atoms with van der Waals surface area (Å²) < 4.78 is 5.25. The highest BCUT2D eigenvalue weighted by molar-refractivity contribution is 7.20. The van der Waals surface area contributed by atoms with E-state index in [2.05, 4.69) is 21.7 Å². The van der Waals surface area contributed by atoms with Crippen molar-refractivity contribution in [3.8, 4) is 0 Å². The highest BCUT2D eigenvalue weighted by Gasteiger charge is 2.22. The highest BCUT2D eigenvalue weighted by atomic mass is 32.1. The Labute approximate surface area is 178 Å². The molecule has 0 aromatic carbocycles. The number of esters is 1. The number of nitrogens with zero attached hydrogens (tertiary/aromatic N) is 3. The van der Waals surface area contributed by atoms with E-state index in [-0.39, 0.29) is 5.97 Å². The molecule has 3 aromatic heterocycles. The van der Waals surface area contributed by atoms with E-state index < -0.39 is 0 Å². The van der Waals surface area contributed by atoms with Crippen LogP contribution in [0.15, 0.2) is 17.5 Å². The fraction of sp³-hybridized carbons (Fsp3) is 0.476. The third-order valence-corrected chi connectivity index (χ3v) is 7.16. The van der Waals surface area contributed by atoms with E-state index in [1.807, 2.05) is 19.9 Å². The van der Waals surface area contributed by atoms with Gasteiger partial charge in [-0.15, -0.1) is 22.7 Å². The van der Waals surface area contributed by atoms with Crippen molar-refractivity contribution in [3.05, 3.63) is 38.7 Å². The number of ether oxygens (including phenoxy) is 1. The predicted octanol–water partition coefficient (Wildman–Crippen LogP) is 4.84. The number of rotatable bonds is 7. The molecule has 0 bridgehead atoms. The van der Waals surface area contributed by atoms with Gasteiger partial charge in [-0.3, -0.25) is 4.90 Å². The molecule has 6 nitrogen and oxygen atoms in total. The number of piperidine rings is 1. The number of thiophene rings is 2. The van der Waals surface area contributed by atoms with Gasteiger partial charge in [0, 0.05) is 4.88 Å². The normalized spacial score (nSPS) is 15.0. The second-order valence-electron chi connectivity index (χ2n) is 7.21. The lowest BCUT2D eigenvalue weighted by molar-refractivity contribution is 0.0531. The van der Waals surface area contributed by atoms with Gasteiger partial charge >= 0.3 is 5.97 Å². The van der Waals surface area contributed by atoms with Gasteiger partial charge in [-0.2, -0.15) is 0 Å². The van der Waals surface area contributed by atoms with Gasteiger partial charge in [0.15, 0.2) is 0 Å². The molecular weight excluding hydrogens is 404 g/mol. The van der Waals surface area contributed by atoms with Crippen LogP contribution in [0.5, 0.6) is 0 Å². The molecule has 0 atom stereocenters. The maximum Gasteiger partial charge on any atom is 0.348 e. The molecule has 0 aliphatic carbocycles. The Hall–Kier alpha value is -2.03. The van der Waals surface area contributed by atoms with Crippen LogP contribution in [0.2, 0.25) is 0 Å². The second-order valence-corrected chi connectivity index (χ2v) is 9.25. The number of carbonyl (C=O) groups is 1. The third-order valence-electron chi connectivity index (χ3n) is 5.12. The van der Waals surface area contributed by atoms with Crippen LogP contribution in [0.25, 0.3) is 10.2 Å². The Morgan fingerprint density at radius 2 is 2.10 bits per heavy atom. The quantitative estimate of drug-likeness (QED) is 0.541. The van der Waals surface area contributed by atoms with E-state index in [0.29, 0.717) is 18.0 Å². The maximum absolute atomic E-state index is 12.4. The number of nitrogens with one attached hydrogen (secondary N) is 1. The van der Waals surface area contributed by atoms with Crippen molar-refractivity contribution in [1.82, 2.24) is 14.9 Å². The van der Waals surface area contributed by atoms with Gasteiger partial charge in [0.05, 0.1) is 25.1 Å². The number of aromatic nitrogens is 2. The smallest absolute Gasteiger partial charge is 0.348 e. The molecule has 1 fully saturated rings. The minimum Gasteiger partial charge on any atom is -0.462 e. The lowest BCUT2D eigenvalue weighted by Gasteiger charge is -2.25. The number of carbonyl (C=O) groups excluding carboxylic acids is 1. The van der Waals surface area contributed by atoms with Crippen LogP contribution in [-0.4, -0.2) is 40.5 Å². The van der Waals surface area contributed by atoms with Gasteiger partial charge in [0.25, 0.3) is 0 Å². The highest BCUT2D eigenvalue weighted by Crippen LogP contribution is 2.35. The van der Waals surface area contributed by atoms with Gasteiger partial charge in [0.2, 0.25) is 0 Å². The van der Waals surface area contributed by atoms with E-state index in [1.54, 1.807) is 11.3 Å². The number of anilines is 1. The molecule has 29 heavy (non-hydrogen) atoms. The van der Waals surface area contributed by atoms with Crippen LogP contribution in [0.1, 0.15) is 52.1 Å². The molecule has 1 N–H and O–H groups in total. The zero-order valence-electron chi connectivity index (χ0n) is 16.9. The number of aryl methyl sites for hydroxylation is 1. The molecule has 4 heterocycles. The van der Waals surface area contributed by atoms with Gasteiger partial charge in [-0.05, 0) is 56.8 Å². The Morgan fingerprint density at radius 3 is 2.83 bits per heavy atom. The molecule has 0 spiro atoms. The molecule has 0 saturated carbocycles. The molecule has 1 aliphatic rings. The van der Waals surface area contributed by atoms with Crippen molar-refractivity contribution in [2.75, 3.05) is 25.0 Å². The number of hydrogen-bond donors (Lipinski definition) is 1. The summed E-state index contributed by atoms with van der Waals surface area (Å²) in [4.78, 5) is 27.2. The lowest BCUT2D eigenvalue weighted by atomic mass is 10.1. The van der Waals surface area contributed by atoms with E-state index in [0.717, 1.165) is 47.1 Å². The van der Waals surface area contributed by atoms with Crippen LogP contribution in [0, 0.1) is 6.92 Å². The number of hydrogen-bond acceptors (Lipinski definition) is 8. The molecule has 0 unspecified atom stereocenters. The van der Waals surface area contributed by atoms with E-state index in [4.69, 9.17) is 14.7 Å². The summed E-state index contributed by atoms with van der Waals surface area (Å²) in [5, 5.41) is 6.49. The third kappa shape index (κ3) is 4.60. The molecule has 0 amide bonds. The van der Waals surface area contributed by atoms with Crippen LogP contribution in [0.4, 0.5) is 5.82 Å². The lowest BCUT2D eigenvalue weighted by Crippen LogP contribution is -2.30. The Kier molecular flexibility index (Phi) is 6.42. The van der Waals surface area contributed by atoms with Crippen LogP contribution < -0.4 is 5.32 Å². The summed E-state index contributed by atoms with van der Waals surface area (Å²) in [7, 11) is 0. The van der Waals surface area contributed by atoms with Gasteiger partial charge in [-0.25, -0.2) is 14.8 Å². The van der Waals surface area contributed by atoms with Crippen LogP contribution in [-0.2, 0) is 17.8 Å². The largest absolute Gasteiger partial charge is 0.462 e. The topological polar surface area (TPSA) is 67.3 Å². The summed E-state index contributed by atoms with van der Waals surface area (Å²) in [6.07, 6.45) is 3.77. The number of fused-ring (bicyclic) bond motifs is 1. The second kappa shape index (κ2) is 9.19. The van der Waals surface area contributed by atoms with Crippen molar-refractivity contribution >= 4 is 44.7 Å². The van der Waals surface area contributed by atoms with E-state index in [1.165, 1.54) is 35.5 Å². The molecule has 0 radical (unpaired) electrons. The first-order chi connectivity index (χ1) is 14.2. The van der Waals surface area contributed by atoms with Crippen LogP contribution in [0.3, 0.4) is 0 Å². The fourth-order valence-electron chi connectivity index (χ4n) is 3.67. The zero-order valence-corrected chi connectivity index (χ0v) is 18.5. The first-order valence-electron chi connectivity index (χ1n) is 10.1. The summed E-state index contributed by atoms with van der Waals surface area (Å²) in [6.45, 7) is 7.78. The molecular formula is C21H26N4O2S2. The molecule has 8 heteroatoms. The monoisotopic (exact) mass is 430 g/mol. The SMILES string of the molecule is CCOC(=O)c1sc2nc(CN3CCCCC3)nc(NCc3cccs3)c2c1C. The Bertz CT molecular complexity index is 978. The molecule has 1 saturated heterocycles. The first kappa shape index (κ1) is 20.3. The average Bonchev–Trinajstić information content (AvgIpc) is 3.35. The van der Waals surface area contributed by atoms with Gasteiger partial charge < -0.3 is 10.1 Å². The van der Waals surface area contributed by atoms with Gasteiger partial charge in [-0.1, -0.05) is 12.5 Å². The molecule has 3 aromatic rings. The minimum absolute atomic E-state index is 0.283. The molecule has 154 valence electrons. The summed E-state index contributed by atoms with van der Waals surface area (Å²) in [5.74, 6) is 1.33. The van der Waals surface area contributed by atoms with Gasteiger partial charge in [0.1, 0.15) is 21.3 Å². The van der Waals surface area contributed by atoms with E-state index >= 15 is 0 Å². The summed E-state index contributed by atoms with van der Waals surface area (Å²) >= 11 is 3.12.